The monoisotopic (exact) mass is 468 g/mol. The van der Waals surface area contributed by atoms with Gasteiger partial charge in [-0.25, -0.2) is 4.79 Å². The molecular weight excluding hydrogens is 443 g/mol. The number of carbonyl (C=O) groups is 2. The zero-order valence-electron chi connectivity index (χ0n) is 17.7. The Morgan fingerprint density at radius 2 is 1.81 bits per heavy atom. The lowest BCUT2D eigenvalue weighted by atomic mass is 10.1. The fourth-order valence-electron chi connectivity index (χ4n) is 2.68. The molecule has 0 saturated heterocycles. The van der Waals surface area contributed by atoms with Crippen molar-refractivity contribution < 1.29 is 24.2 Å². The van der Waals surface area contributed by atoms with E-state index in [0.29, 0.717) is 41.2 Å². The minimum Gasteiger partial charge on any atom is -0.478 e. The number of hydrogen-bond donors (Lipinski definition) is 2. The van der Waals surface area contributed by atoms with E-state index in [4.69, 9.17) is 32.7 Å². The minimum absolute atomic E-state index is 0.132. The zero-order chi connectivity index (χ0) is 23.0. The highest BCUT2D eigenvalue weighted by atomic mass is 35.5. The van der Waals surface area contributed by atoms with Crippen LogP contribution in [0.15, 0.2) is 42.5 Å². The average Bonchev–Trinajstić information content (AvgIpc) is 2.69. The molecule has 2 aromatic carbocycles. The predicted molar refractivity (Wildman–Crippen MR) is 121 cm³/mol. The second-order valence-electron chi connectivity index (χ2n) is 7.44. The summed E-state index contributed by atoms with van der Waals surface area (Å²) in [5.41, 5.74) is 0.103. The van der Waals surface area contributed by atoms with Crippen molar-refractivity contribution in [3.05, 3.63) is 58.1 Å². The Balaban J connectivity index is 2.01. The summed E-state index contributed by atoms with van der Waals surface area (Å²) in [5.74, 6) is -0.813. The summed E-state index contributed by atoms with van der Waals surface area (Å²) in [6.45, 7) is 4.61. The van der Waals surface area contributed by atoms with Crippen molar-refractivity contribution in [2.24, 2.45) is 0 Å². The van der Waals surface area contributed by atoms with Gasteiger partial charge in [0, 0.05) is 25.2 Å². The Morgan fingerprint density at radius 3 is 2.39 bits per heavy atom. The molecule has 0 atom stereocenters. The first-order valence-electron chi connectivity index (χ1n) is 9.58. The first kappa shape index (κ1) is 24.9. The largest absolute Gasteiger partial charge is 0.478 e. The second-order valence-corrected chi connectivity index (χ2v) is 8.28. The highest BCUT2D eigenvalue weighted by molar-refractivity contribution is 6.36. The maximum atomic E-state index is 12.5. The van der Waals surface area contributed by atoms with Crippen molar-refractivity contribution in [1.29, 1.82) is 0 Å². The molecule has 0 saturated carbocycles. The molecule has 0 aromatic heterocycles. The third-order valence-corrected chi connectivity index (χ3v) is 4.95. The number of carbonyl (C=O) groups excluding carboxylic acids is 1. The summed E-state index contributed by atoms with van der Waals surface area (Å²) >= 11 is 12.0. The van der Waals surface area contributed by atoms with Crippen LogP contribution in [0.5, 0.6) is 5.75 Å². The molecule has 0 fully saturated rings. The van der Waals surface area contributed by atoms with E-state index >= 15 is 0 Å². The van der Waals surface area contributed by atoms with Gasteiger partial charge < -0.3 is 19.9 Å². The van der Waals surface area contributed by atoms with Crippen molar-refractivity contribution >= 4 is 40.8 Å². The van der Waals surface area contributed by atoms with Gasteiger partial charge in [-0.3, -0.25) is 9.69 Å². The number of amides is 1. The van der Waals surface area contributed by atoms with Crippen molar-refractivity contribution in [3.8, 4) is 5.75 Å². The Bertz CT molecular complexity index is 903. The second kappa shape index (κ2) is 11.3. The van der Waals surface area contributed by atoms with Gasteiger partial charge in [0.25, 0.3) is 0 Å². The fourth-order valence-corrected chi connectivity index (χ4v) is 3.13. The number of aliphatic carboxylic acids is 1. The average molecular weight is 469 g/mol. The molecule has 0 spiro atoms. The summed E-state index contributed by atoms with van der Waals surface area (Å²) in [6, 6.07) is 12.0. The molecule has 0 aliphatic heterocycles. The molecule has 2 N–H and O–H groups in total. The number of carboxylic acids is 1. The number of methoxy groups -OCH3 is 1. The van der Waals surface area contributed by atoms with E-state index in [-0.39, 0.29) is 12.5 Å². The third kappa shape index (κ3) is 8.03. The lowest BCUT2D eigenvalue weighted by Crippen LogP contribution is -2.37. The lowest BCUT2D eigenvalue weighted by Gasteiger charge is -2.23. The first-order chi connectivity index (χ1) is 14.6. The quantitative estimate of drug-likeness (QED) is 0.510. The summed E-state index contributed by atoms with van der Waals surface area (Å²) in [6.07, 6.45) is 0. The van der Waals surface area contributed by atoms with Crippen LogP contribution in [0.2, 0.25) is 10.0 Å². The molecule has 0 aliphatic rings. The first-order valence-corrected chi connectivity index (χ1v) is 10.3. The molecule has 0 radical (unpaired) electrons. The molecule has 0 aliphatic carbocycles. The van der Waals surface area contributed by atoms with Gasteiger partial charge >= 0.3 is 5.97 Å². The number of benzene rings is 2. The van der Waals surface area contributed by atoms with E-state index in [9.17, 15) is 14.7 Å². The minimum atomic E-state index is -1.33. The molecule has 2 rings (SSSR count). The van der Waals surface area contributed by atoms with Crippen LogP contribution in [0.25, 0.3) is 0 Å². The molecule has 0 unspecified atom stereocenters. The Morgan fingerprint density at radius 1 is 1.13 bits per heavy atom. The smallest absolute Gasteiger partial charge is 0.347 e. The van der Waals surface area contributed by atoms with Gasteiger partial charge in [-0.15, -0.1) is 0 Å². The van der Waals surface area contributed by atoms with Gasteiger partial charge in [-0.1, -0.05) is 35.3 Å². The number of halogens is 2. The van der Waals surface area contributed by atoms with Crippen molar-refractivity contribution in [1.82, 2.24) is 4.90 Å². The Hall–Kier alpha value is -2.32. The van der Waals surface area contributed by atoms with Crippen LogP contribution in [0.4, 0.5) is 5.69 Å². The molecule has 168 valence electrons. The van der Waals surface area contributed by atoms with Crippen molar-refractivity contribution in [2.45, 2.75) is 26.0 Å². The van der Waals surface area contributed by atoms with Crippen LogP contribution in [0, 0.1) is 0 Å². The number of nitrogens with zero attached hydrogens (tertiary/aromatic N) is 1. The van der Waals surface area contributed by atoms with E-state index in [2.05, 4.69) is 5.32 Å². The third-order valence-electron chi connectivity index (χ3n) is 4.40. The van der Waals surface area contributed by atoms with Gasteiger partial charge in [-0.2, -0.15) is 0 Å². The highest BCUT2D eigenvalue weighted by Gasteiger charge is 2.29. The van der Waals surface area contributed by atoms with E-state index in [1.807, 2.05) is 17.0 Å². The topological polar surface area (TPSA) is 88.1 Å². The van der Waals surface area contributed by atoms with E-state index in [0.717, 1.165) is 5.56 Å². The molecule has 2 aromatic rings. The number of carboxylic acid groups (broad SMARTS) is 1. The summed E-state index contributed by atoms with van der Waals surface area (Å²) in [4.78, 5) is 25.7. The Kier molecular flexibility index (Phi) is 9.13. The molecule has 31 heavy (non-hydrogen) atoms. The maximum Gasteiger partial charge on any atom is 0.347 e. The van der Waals surface area contributed by atoms with Gasteiger partial charge in [0.15, 0.2) is 5.60 Å². The van der Waals surface area contributed by atoms with Gasteiger partial charge in [0.05, 0.1) is 23.9 Å². The number of nitrogens with one attached hydrogen (secondary N) is 1. The van der Waals surface area contributed by atoms with E-state index < -0.39 is 11.6 Å². The fraction of sp³-hybridized carbons (Fsp3) is 0.364. The summed E-state index contributed by atoms with van der Waals surface area (Å²) < 4.78 is 10.7. The number of anilines is 1. The summed E-state index contributed by atoms with van der Waals surface area (Å²) in [5, 5.41) is 12.8. The van der Waals surface area contributed by atoms with Gasteiger partial charge in [-0.05, 0) is 49.7 Å². The molecule has 9 heteroatoms. The number of ether oxygens (including phenoxy) is 2. The van der Waals surface area contributed by atoms with Crippen LogP contribution in [0.3, 0.4) is 0 Å². The van der Waals surface area contributed by atoms with Crippen molar-refractivity contribution in [3.63, 3.8) is 0 Å². The van der Waals surface area contributed by atoms with Crippen LogP contribution in [0.1, 0.15) is 19.4 Å². The molecule has 7 nitrogen and oxygen atoms in total. The van der Waals surface area contributed by atoms with Crippen LogP contribution in [-0.4, -0.2) is 54.3 Å². The summed E-state index contributed by atoms with van der Waals surface area (Å²) in [7, 11) is 1.60. The maximum absolute atomic E-state index is 12.5. The molecule has 0 bridgehead atoms. The van der Waals surface area contributed by atoms with Crippen LogP contribution in [-0.2, 0) is 20.9 Å². The lowest BCUT2D eigenvalue weighted by molar-refractivity contribution is -0.152. The number of hydrogen-bond acceptors (Lipinski definition) is 5. The van der Waals surface area contributed by atoms with Gasteiger partial charge in [0.2, 0.25) is 5.91 Å². The van der Waals surface area contributed by atoms with Crippen LogP contribution >= 0.6 is 23.2 Å². The van der Waals surface area contributed by atoms with E-state index in [1.54, 1.807) is 37.4 Å². The standard InChI is InChI=1S/C22H26Cl2N2O5/c1-22(2,21(28)29)31-17-7-4-15(5-8-17)13-26(10-11-30-3)14-20(27)25-19-9-6-16(23)12-18(19)24/h4-9,12H,10-11,13-14H2,1-3H3,(H,25,27)(H,28,29). The predicted octanol–water partition coefficient (Wildman–Crippen LogP) is 4.32. The molecule has 0 heterocycles. The van der Waals surface area contributed by atoms with E-state index in [1.165, 1.54) is 13.8 Å². The zero-order valence-corrected chi connectivity index (χ0v) is 19.2. The van der Waals surface area contributed by atoms with Crippen LogP contribution < -0.4 is 10.1 Å². The molecular formula is C22H26Cl2N2O5. The van der Waals surface area contributed by atoms with Gasteiger partial charge in [0.1, 0.15) is 5.75 Å². The normalized spacial score (nSPS) is 11.4. The molecule has 1 amide bonds. The highest BCUT2D eigenvalue weighted by Crippen LogP contribution is 2.25. The Labute approximate surface area is 191 Å². The SMILES string of the molecule is COCCN(CC(=O)Nc1ccc(Cl)cc1Cl)Cc1ccc(OC(C)(C)C(=O)O)cc1. The van der Waals surface area contributed by atoms with Crippen molar-refractivity contribution in [2.75, 3.05) is 32.1 Å². The number of rotatable bonds is 11.